The first-order valence-corrected chi connectivity index (χ1v) is 7.42. The number of aromatic amines is 1. The van der Waals surface area contributed by atoms with Gasteiger partial charge in [-0.2, -0.15) is 5.10 Å². The molecule has 114 valence electrons. The molecule has 3 heterocycles. The molecule has 0 radical (unpaired) electrons. The molecule has 2 unspecified atom stereocenters. The number of fused-ring (bicyclic) bond motifs is 4. The molecule has 2 aromatic rings. The van der Waals surface area contributed by atoms with Crippen LogP contribution < -0.4 is 4.74 Å². The Bertz CT molecular complexity index is 742. The number of carbonyl (C=O) groups is 1. The quantitative estimate of drug-likeness (QED) is 0.784. The Hall–Kier alpha value is -2.50. The third-order valence-electron chi connectivity index (χ3n) is 4.75. The van der Waals surface area contributed by atoms with Crippen molar-refractivity contribution in [3.05, 3.63) is 36.0 Å². The number of carboxylic acid groups (broad SMARTS) is 1. The van der Waals surface area contributed by atoms with Gasteiger partial charge in [0.05, 0.1) is 11.9 Å². The normalized spacial score (nSPS) is 26.2. The van der Waals surface area contributed by atoms with Crippen molar-refractivity contribution in [1.82, 2.24) is 15.1 Å². The number of hydrogen-bond acceptors (Lipinski definition) is 3. The van der Waals surface area contributed by atoms with E-state index in [0.717, 1.165) is 22.6 Å². The molecule has 2 aliphatic rings. The molecule has 1 amide bonds. The number of H-pyrrole nitrogens is 1. The number of para-hydroxylation sites is 1. The van der Waals surface area contributed by atoms with E-state index in [1.807, 2.05) is 37.4 Å². The number of nitrogens with one attached hydrogen (secondary N) is 1. The van der Waals surface area contributed by atoms with E-state index < -0.39 is 11.7 Å². The van der Waals surface area contributed by atoms with E-state index in [1.54, 1.807) is 0 Å². The van der Waals surface area contributed by atoms with Gasteiger partial charge in [-0.15, -0.1) is 0 Å². The van der Waals surface area contributed by atoms with Gasteiger partial charge in [0.25, 0.3) is 0 Å². The number of hydrogen-bond donors (Lipinski definition) is 2. The average Bonchev–Trinajstić information content (AvgIpc) is 2.98. The van der Waals surface area contributed by atoms with Crippen LogP contribution >= 0.6 is 0 Å². The predicted molar refractivity (Wildman–Crippen MR) is 79.8 cm³/mol. The molecule has 0 bridgehead atoms. The van der Waals surface area contributed by atoms with Crippen molar-refractivity contribution in [2.75, 3.05) is 6.54 Å². The highest BCUT2D eigenvalue weighted by Gasteiger charge is 2.47. The summed E-state index contributed by atoms with van der Waals surface area (Å²) in [6.45, 7) is 2.39. The van der Waals surface area contributed by atoms with Crippen LogP contribution in [0, 0.1) is 0 Å². The smallest absolute Gasteiger partial charge is 0.407 e. The molecule has 2 N–H and O–H groups in total. The van der Waals surface area contributed by atoms with E-state index in [4.69, 9.17) is 4.74 Å². The third kappa shape index (κ3) is 1.73. The summed E-state index contributed by atoms with van der Waals surface area (Å²) < 4.78 is 6.36. The topological polar surface area (TPSA) is 78.5 Å². The zero-order chi connectivity index (χ0) is 15.3. The Morgan fingerprint density at radius 2 is 2.32 bits per heavy atom. The molecule has 1 saturated heterocycles. The molecular formula is C16H17N3O3. The number of nitrogens with zero attached hydrogens (tertiary/aromatic N) is 2. The van der Waals surface area contributed by atoms with Crippen molar-refractivity contribution < 1.29 is 14.6 Å². The number of ether oxygens (including phenoxy) is 1. The van der Waals surface area contributed by atoms with E-state index in [0.29, 0.717) is 19.4 Å². The number of rotatable bonds is 0. The molecular weight excluding hydrogens is 282 g/mol. The summed E-state index contributed by atoms with van der Waals surface area (Å²) in [5.41, 5.74) is 2.53. The van der Waals surface area contributed by atoms with Crippen LogP contribution in [0.1, 0.15) is 25.3 Å². The highest BCUT2D eigenvalue weighted by molar-refractivity contribution is 5.73. The van der Waals surface area contributed by atoms with Gasteiger partial charge in [0, 0.05) is 36.6 Å². The van der Waals surface area contributed by atoms with Crippen LogP contribution in [0.3, 0.4) is 0 Å². The van der Waals surface area contributed by atoms with E-state index in [2.05, 4.69) is 10.2 Å². The highest BCUT2D eigenvalue weighted by Crippen LogP contribution is 2.49. The lowest BCUT2D eigenvalue weighted by molar-refractivity contribution is -0.0223. The van der Waals surface area contributed by atoms with Crippen LogP contribution in [0.2, 0.25) is 0 Å². The molecule has 1 aromatic heterocycles. The summed E-state index contributed by atoms with van der Waals surface area (Å²) in [5.74, 6) is 0.829. The van der Waals surface area contributed by atoms with Crippen LogP contribution in [-0.4, -0.2) is 38.9 Å². The van der Waals surface area contributed by atoms with Crippen LogP contribution in [0.5, 0.6) is 5.75 Å². The maximum atomic E-state index is 11.3. The molecule has 22 heavy (non-hydrogen) atoms. The minimum absolute atomic E-state index is 0.0979. The van der Waals surface area contributed by atoms with Gasteiger partial charge in [-0.25, -0.2) is 4.79 Å². The Balaban J connectivity index is 1.78. The lowest BCUT2D eigenvalue weighted by Gasteiger charge is -2.46. The van der Waals surface area contributed by atoms with Crippen molar-refractivity contribution in [1.29, 1.82) is 0 Å². The Morgan fingerprint density at radius 3 is 3.09 bits per heavy atom. The van der Waals surface area contributed by atoms with Gasteiger partial charge in [-0.1, -0.05) is 12.1 Å². The first-order valence-electron chi connectivity index (χ1n) is 7.42. The molecule has 1 fully saturated rings. The number of likely N-dealkylation sites (tertiary alicyclic amines) is 1. The number of piperidine rings is 1. The molecule has 6 heteroatoms. The molecule has 1 aromatic carbocycles. The molecule has 0 saturated carbocycles. The predicted octanol–water partition coefficient (Wildman–Crippen LogP) is 2.83. The van der Waals surface area contributed by atoms with Gasteiger partial charge in [0.1, 0.15) is 11.4 Å². The number of benzene rings is 1. The summed E-state index contributed by atoms with van der Waals surface area (Å²) in [6, 6.07) is 7.79. The third-order valence-corrected chi connectivity index (χ3v) is 4.75. The molecule has 0 aliphatic carbocycles. The first-order chi connectivity index (χ1) is 10.6. The molecule has 2 aliphatic heterocycles. The van der Waals surface area contributed by atoms with Crippen LogP contribution in [0.4, 0.5) is 4.79 Å². The summed E-state index contributed by atoms with van der Waals surface area (Å²) in [6.07, 6.45) is 2.20. The maximum Gasteiger partial charge on any atom is 0.407 e. The minimum Gasteiger partial charge on any atom is -0.482 e. The van der Waals surface area contributed by atoms with Crippen molar-refractivity contribution in [3.8, 4) is 17.0 Å². The molecule has 4 rings (SSSR count). The van der Waals surface area contributed by atoms with Crippen LogP contribution in [-0.2, 0) is 5.60 Å². The summed E-state index contributed by atoms with van der Waals surface area (Å²) >= 11 is 0. The molecule has 6 nitrogen and oxygen atoms in total. The van der Waals surface area contributed by atoms with Gasteiger partial charge in [-0.05, 0) is 19.1 Å². The molecule has 1 spiro atoms. The standard InChI is InChI=1S/C16H17N3O3/c1-10-8-16(6-7-19(10)15(20)21)12-9-17-18-14(12)11-4-2-3-5-13(11)22-16/h2-5,9-10H,6-8H2,1H3,(H,17,18)(H,20,21). The fourth-order valence-corrected chi connectivity index (χ4v) is 3.70. The van der Waals surface area contributed by atoms with Gasteiger partial charge in [0.2, 0.25) is 0 Å². The van der Waals surface area contributed by atoms with E-state index in [1.165, 1.54) is 4.90 Å². The van der Waals surface area contributed by atoms with E-state index in [-0.39, 0.29) is 6.04 Å². The van der Waals surface area contributed by atoms with Gasteiger partial charge < -0.3 is 14.7 Å². The lowest BCUT2D eigenvalue weighted by atomic mass is 9.78. The second-order valence-corrected chi connectivity index (χ2v) is 6.03. The first kappa shape index (κ1) is 13.2. The van der Waals surface area contributed by atoms with Gasteiger partial charge in [0.15, 0.2) is 0 Å². The Kier molecular flexibility index (Phi) is 2.69. The van der Waals surface area contributed by atoms with Gasteiger partial charge in [-0.3, -0.25) is 5.10 Å². The minimum atomic E-state index is -0.869. The maximum absolute atomic E-state index is 11.3. The number of amides is 1. The van der Waals surface area contributed by atoms with E-state index in [9.17, 15) is 9.90 Å². The SMILES string of the molecule is CC1CC2(CCN1C(=O)O)Oc1ccccc1-c1[nH]ncc12. The Labute approximate surface area is 127 Å². The van der Waals surface area contributed by atoms with Crippen LogP contribution in [0.15, 0.2) is 30.5 Å². The summed E-state index contributed by atoms with van der Waals surface area (Å²) in [5, 5.41) is 16.5. The zero-order valence-corrected chi connectivity index (χ0v) is 12.2. The fourth-order valence-electron chi connectivity index (χ4n) is 3.70. The largest absolute Gasteiger partial charge is 0.482 e. The van der Waals surface area contributed by atoms with Crippen molar-refractivity contribution in [2.24, 2.45) is 0 Å². The van der Waals surface area contributed by atoms with E-state index >= 15 is 0 Å². The summed E-state index contributed by atoms with van der Waals surface area (Å²) in [4.78, 5) is 12.8. The van der Waals surface area contributed by atoms with Gasteiger partial charge >= 0.3 is 6.09 Å². The van der Waals surface area contributed by atoms with Crippen molar-refractivity contribution >= 4 is 6.09 Å². The fraction of sp³-hybridized carbons (Fsp3) is 0.375. The average molecular weight is 299 g/mol. The number of aromatic nitrogens is 2. The Morgan fingerprint density at radius 1 is 1.50 bits per heavy atom. The second kappa shape index (κ2) is 4.50. The monoisotopic (exact) mass is 299 g/mol. The zero-order valence-electron chi connectivity index (χ0n) is 12.2. The second-order valence-electron chi connectivity index (χ2n) is 6.03. The van der Waals surface area contributed by atoms with Crippen molar-refractivity contribution in [3.63, 3.8) is 0 Å². The van der Waals surface area contributed by atoms with Crippen LogP contribution in [0.25, 0.3) is 11.3 Å². The lowest BCUT2D eigenvalue weighted by Crippen LogP contribution is -2.52. The molecule has 2 atom stereocenters. The van der Waals surface area contributed by atoms with Crippen molar-refractivity contribution in [2.45, 2.75) is 31.4 Å². The summed E-state index contributed by atoms with van der Waals surface area (Å²) in [7, 11) is 0. The highest BCUT2D eigenvalue weighted by atomic mass is 16.5.